The second-order valence-corrected chi connectivity index (χ2v) is 7.56. The number of nitrogens with one attached hydrogen (secondary N) is 1. The molecule has 0 aromatic rings. The summed E-state index contributed by atoms with van der Waals surface area (Å²) in [5.74, 6) is -3.02. The van der Waals surface area contributed by atoms with Crippen molar-refractivity contribution in [3.63, 3.8) is 0 Å². The fraction of sp³-hybridized carbons (Fsp3) is 0.778. The smallest absolute Gasteiger partial charge is 0.326 e. The number of hydrogen-bond donors (Lipinski definition) is 3. The molecule has 0 aliphatic carbocycles. The van der Waals surface area contributed by atoms with Gasteiger partial charge in [0.05, 0.1) is 4.99 Å². The first-order valence-electron chi connectivity index (χ1n) is 9.49. The molecule has 5 unspecified atom stereocenters. The van der Waals surface area contributed by atoms with Crippen molar-refractivity contribution in [2.45, 2.75) is 64.9 Å². The maximum absolute atomic E-state index is 13.9. The second kappa shape index (κ2) is 11.3. The molecule has 0 radical (unpaired) electrons. The van der Waals surface area contributed by atoms with Gasteiger partial charge in [0.2, 0.25) is 12.3 Å². The summed E-state index contributed by atoms with van der Waals surface area (Å²) in [5, 5.41) is 12.3. The fourth-order valence-corrected chi connectivity index (χ4v) is 3.62. The zero-order chi connectivity index (χ0) is 21.4. The number of amides is 1. The number of thiocarbonyl (C=S) groups is 1. The molecule has 0 bridgehead atoms. The van der Waals surface area contributed by atoms with E-state index in [9.17, 15) is 23.9 Å². The van der Waals surface area contributed by atoms with Crippen LogP contribution >= 0.6 is 12.2 Å². The Balaban J connectivity index is 3.10. The maximum Gasteiger partial charge on any atom is 0.326 e. The number of nitrogens with zero attached hydrogens (tertiary/aromatic N) is 1. The molecular formula is C18H30FN3O5S. The van der Waals surface area contributed by atoms with Crippen LogP contribution in [0.2, 0.25) is 0 Å². The number of carboxylic acids is 1. The number of nitrogens with two attached hydrogens (primary N) is 1. The van der Waals surface area contributed by atoms with Crippen LogP contribution in [0, 0.1) is 11.8 Å². The van der Waals surface area contributed by atoms with Crippen molar-refractivity contribution in [3.8, 4) is 0 Å². The average molecular weight is 420 g/mol. The van der Waals surface area contributed by atoms with E-state index in [1.807, 2.05) is 6.92 Å². The Kier molecular flexibility index (Phi) is 9.74. The zero-order valence-electron chi connectivity index (χ0n) is 16.5. The number of likely N-dealkylation sites (tertiary alicyclic amines) is 1. The van der Waals surface area contributed by atoms with Gasteiger partial charge in [-0.1, -0.05) is 32.5 Å². The number of carbonyl (C=O) groups excluding carboxylic acids is 2. The second-order valence-electron chi connectivity index (χ2n) is 7.09. The van der Waals surface area contributed by atoms with Crippen molar-refractivity contribution in [2.24, 2.45) is 17.6 Å². The average Bonchev–Trinajstić information content (AvgIpc) is 2.98. The number of halogens is 1. The van der Waals surface area contributed by atoms with Crippen molar-refractivity contribution >= 4 is 35.1 Å². The van der Waals surface area contributed by atoms with Gasteiger partial charge in [-0.25, -0.2) is 4.39 Å². The first-order valence-corrected chi connectivity index (χ1v) is 9.89. The summed E-state index contributed by atoms with van der Waals surface area (Å²) in [6.07, 6.45) is -0.528. The number of carbonyl (C=O) groups is 3. The van der Waals surface area contributed by atoms with Crippen LogP contribution in [0.1, 0.15) is 46.5 Å². The largest absolute Gasteiger partial charge is 0.480 e. The van der Waals surface area contributed by atoms with Crippen LogP contribution in [0.5, 0.6) is 0 Å². The lowest BCUT2D eigenvalue weighted by molar-refractivity contribution is -0.166. The molecule has 28 heavy (non-hydrogen) atoms. The summed E-state index contributed by atoms with van der Waals surface area (Å²) in [4.78, 5) is 37.1. The Labute approximate surface area is 170 Å². The van der Waals surface area contributed by atoms with E-state index in [0.717, 1.165) is 0 Å². The normalized spacial score (nSPS) is 24.4. The molecule has 5 atom stereocenters. The van der Waals surface area contributed by atoms with Gasteiger partial charge in [-0.05, 0) is 18.8 Å². The number of hydrogen-bond acceptors (Lipinski definition) is 6. The van der Waals surface area contributed by atoms with E-state index in [0.29, 0.717) is 19.4 Å². The highest BCUT2D eigenvalue weighted by Crippen LogP contribution is 2.33. The molecule has 1 aliphatic rings. The van der Waals surface area contributed by atoms with Crippen LogP contribution in [-0.2, 0) is 19.1 Å². The van der Waals surface area contributed by atoms with E-state index in [4.69, 9.17) is 22.7 Å². The monoisotopic (exact) mass is 419 g/mol. The van der Waals surface area contributed by atoms with Crippen molar-refractivity contribution in [1.82, 2.24) is 10.2 Å². The summed E-state index contributed by atoms with van der Waals surface area (Å²) >= 11 is 5.04. The standard InChI is InChI=1S/C18H30FN3O5S/c1-4-6-14(19)27-18(26)15-12(16(20)28)7-13(17(24)25)22(15)9-11(5-2)8-21-10(3)23/h11-15H,4-9H2,1-3H3,(H2,20,28)(H,21,23)(H,24,25). The van der Waals surface area contributed by atoms with Crippen molar-refractivity contribution < 1.29 is 28.6 Å². The van der Waals surface area contributed by atoms with Crippen LogP contribution in [0.4, 0.5) is 4.39 Å². The lowest BCUT2D eigenvalue weighted by Crippen LogP contribution is -2.51. The molecule has 0 aromatic heterocycles. The molecule has 0 saturated carbocycles. The Morgan fingerprint density at radius 2 is 2.04 bits per heavy atom. The first kappa shape index (κ1) is 24.2. The van der Waals surface area contributed by atoms with Crippen LogP contribution in [0.25, 0.3) is 0 Å². The van der Waals surface area contributed by atoms with Crippen LogP contribution in [-0.4, -0.2) is 64.4 Å². The van der Waals surface area contributed by atoms with Crippen LogP contribution in [0.3, 0.4) is 0 Å². The third-order valence-electron chi connectivity index (χ3n) is 4.95. The molecule has 160 valence electrons. The number of rotatable bonds is 11. The van der Waals surface area contributed by atoms with E-state index < -0.39 is 36.3 Å². The van der Waals surface area contributed by atoms with E-state index in [2.05, 4.69) is 5.32 Å². The Morgan fingerprint density at radius 1 is 1.39 bits per heavy atom. The van der Waals surface area contributed by atoms with E-state index in [1.54, 1.807) is 6.92 Å². The molecule has 1 aliphatic heterocycles. The number of aliphatic carboxylic acids is 1. The SMILES string of the molecule is CCCC(F)OC(=O)C1C(C(N)=S)CC(C(=O)O)N1CC(CC)CNC(C)=O. The number of esters is 1. The van der Waals surface area contributed by atoms with Gasteiger partial charge in [0.25, 0.3) is 0 Å². The molecule has 1 rings (SSSR count). The minimum absolute atomic E-state index is 0.00323. The van der Waals surface area contributed by atoms with Gasteiger partial charge in [0.1, 0.15) is 12.1 Å². The predicted octanol–water partition coefficient (Wildman–Crippen LogP) is 1.22. The highest BCUT2D eigenvalue weighted by atomic mass is 32.1. The molecule has 0 spiro atoms. The van der Waals surface area contributed by atoms with Gasteiger partial charge in [-0.15, -0.1) is 0 Å². The summed E-state index contributed by atoms with van der Waals surface area (Å²) in [5.41, 5.74) is 5.76. The maximum atomic E-state index is 13.9. The summed E-state index contributed by atoms with van der Waals surface area (Å²) < 4.78 is 18.8. The molecular weight excluding hydrogens is 389 g/mol. The van der Waals surface area contributed by atoms with Gasteiger partial charge < -0.3 is 20.9 Å². The number of ether oxygens (including phenoxy) is 1. The Morgan fingerprint density at radius 3 is 2.50 bits per heavy atom. The first-order chi connectivity index (χ1) is 13.1. The summed E-state index contributed by atoms with van der Waals surface area (Å²) in [7, 11) is 0. The zero-order valence-corrected chi connectivity index (χ0v) is 17.3. The minimum Gasteiger partial charge on any atom is -0.480 e. The molecule has 10 heteroatoms. The molecule has 1 saturated heterocycles. The van der Waals surface area contributed by atoms with Gasteiger partial charge in [-0.2, -0.15) is 0 Å². The topological polar surface area (TPSA) is 122 Å². The quantitative estimate of drug-likeness (QED) is 0.338. The highest BCUT2D eigenvalue weighted by molar-refractivity contribution is 7.80. The van der Waals surface area contributed by atoms with Crippen molar-refractivity contribution in [3.05, 3.63) is 0 Å². The number of carboxylic acid groups (broad SMARTS) is 1. The molecule has 8 nitrogen and oxygen atoms in total. The molecule has 1 amide bonds. The van der Waals surface area contributed by atoms with Gasteiger partial charge in [0.15, 0.2) is 0 Å². The van der Waals surface area contributed by atoms with E-state index >= 15 is 0 Å². The highest BCUT2D eigenvalue weighted by Gasteiger charge is 2.50. The Bertz CT molecular complexity index is 592. The van der Waals surface area contributed by atoms with Gasteiger partial charge in [0, 0.05) is 32.4 Å². The third-order valence-corrected chi connectivity index (χ3v) is 5.26. The van der Waals surface area contributed by atoms with Gasteiger partial charge in [-0.3, -0.25) is 19.3 Å². The Hall–Kier alpha value is -1.81. The van der Waals surface area contributed by atoms with Crippen LogP contribution < -0.4 is 11.1 Å². The predicted molar refractivity (Wildman–Crippen MR) is 105 cm³/mol. The molecule has 1 heterocycles. The molecule has 4 N–H and O–H groups in total. The lowest BCUT2D eigenvalue weighted by atomic mass is 9.98. The van der Waals surface area contributed by atoms with Crippen molar-refractivity contribution in [1.29, 1.82) is 0 Å². The molecule has 0 aromatic carbocycles. The minimum atomic E-state index is -1.77. The summed E-state index contributed by atoms with van der Waals surface area (Å²) in [6, 6.07) is -2.07. The van der Waals surface area contributed by atoms with Crippen molar-refractivity contribution in [2.75, 3.05) is 13.1 Å². The van der Waals surface area contributed by atoms with E-state index in [1.165, 1.54) is 11.8 Å². The lowest BCUT2D eigenvalue weighted by Gasteiger charge is -2.31. The summed E-state index contributed by atoms with van der Waals surface area (Å²) in [6.45, 7) is 5.58. The fourth-order valence-electron chi connectivity index (χ4n) is 3.39. The number of alkyl halides is 1. The van der Waals surface area contributed by atoms with E-state index in [-0.39, 0.29) is 36.2 Å². The molecule has 1 fully saturated rings. The van der Waals surface area contributed by atoms with Crippen LogP contribution in [0.15, 0.2) is 0 Å². The van der Waals surface area contributed by atoms with Gasteiger partial charge >= 0.3 is 11.9 Å². The third kappa shape index (κ3) is 6.66.